The summed E-state index contributed by atoms with van der Waals surface area (Å²) in [6, 6.07) is 0. The van der Waals surface area contributed by atoms with Gasteiger partial charge in [0.1, 0.15) is 11.7 Å². The first kappa shape index (κ1) is 9.23. The van der Waals surface area contributed by atoms with Crippen LogP contribution in [0.2, 0.25) is 0 Å². The zero-order chi connectivity index (χ0) is 9.35. The molecule has 1 aliphatic rings. The van der Waals surface area contributed by atoms with Crippen LogP contribution in [-0.4, -0.2) is 16.9 Å². The van der Waals surface area contributed by atoms with E-state index in [9.17, 15) is 9.59 Å². The van der Waals surface area contributed by atoms with Gasteiger partial charge >= 0.3 is 5.97 Å². The first-order chi connectivity index (χ1) is 5.42. The smallest absolute Gasteiger partial charge is 0.314 e. The van der Waals surface area contributed by atoms with Crippen molar-refractivity contribution < 1.29 is 14.7 Å². The van der Waals surface area contributed by atoms with E-state index in [4.69, 9.17) is 5.11 Å². The van der Waals surface area contributed by atoms with Gasteiger partial charge in [0, 0.05) is 6.42 Å². The molecular formula is C9H14O3. The number of carboxylic acids is 1. The highest BCUT2D eigenvalue weighted by Crippen LogP contribution is 2.36. The maximum atomic E-state index is 11.1. The first-order valence-electron chi connectivity index (χ1n) is 4.18. The Morgan fingerprint density at radius 1 is 1.58 bits per heavy atom. The fourth-order valence-corrected chi connectivity index (χ4v) is 1.63. The van der Waals surface area contributed by atoms with Crippen molar-refractivity contribution in [1.82, 2.24) is 0 Å². The third kappa shape index (κ3) is 1.84. The molecular weight excluding hydrogens is 156 g/mol. The van der Waals surface area contributed by atoms with E-state index < -0.39 is 11.9 Å². The van der Waals surface area contributed by atoms with Crippen molar-refractivity contribution in [2.24, 2.45) is 11.3 Å². The average Bonchev–Trinajstić information content (AvgIpc) is 1.94. The molecule has 1 aliphatic carbocycles. The Kier molecular flexibility index (Phi) is 2.22. The van der Waals surface area contributed by atoms with Crippen molar-refractivity contribution >= 4 is 11.8 Å². The van der Waals surface area contributed by atoms with Gasteiger partial charge in [-0.3, -0.25) is 9.59 Å². The molecule has 0 aromatic heterocycles. The van der Waals surface area contributed by atoms with E-state index in [1.807, 2.05) is 13.8 Å². The van der Waals surface area contributed by atoms with E-state index >= 15 is 0 Å². The quantitative estimate of drug-likeness (QED) is 0.606. The molecule has 0 spiro atoms. The lowest BCUT2D eigenvalue weighted by Gasteiger charge is -2.32. The predicted octanol–water partition coefficient (Wildman–Crippen LogP) is 1.47. The van der Waals surface area contributed by atoms with Crippen molar-refractivity contribution in [1.29, 1.82) is 0 Å². The first-order valence-corrected chi connectivity index (χ1v) is 4.18. The highest BCUT2D eigenvalue weighted by atomic mass is 16.4. The van der Waals surface area contributed by atoms with Crippen LogP contribution in [0.3, 0.4) is 0 Å². The molecule has 1 fully saturated rings. The van der Waals surface area contributed by atoms with Gasteiger partial charge in [0.05, 0.1) is 0 Å². The summed E-state index contributed by atoms with van der Waals surface area (Å²) >= 11 is 0. The molecule has 0 unspecified atom stereocenters. The topological polar surface area (TPSA) is 54.4 Å². The standard InChI is InChI=1S/C9H14O3/c1-9(2)4-3-7(10)6(5-9)8(11)12/h6H,3-5H2,1-2H3,(H,11,12)/t6-/m1/s1. The summed E-state index contributed by atoms with van der Waals surface area (Å²) < 4.78 is 0. The van der Waals surface area contributed by atoms with Crippen LogP contribution in [0.1, 0.15) is 33.1 Å². The molecule has 1 rings (SSSR count). The molecule has 12 heavy (non-hydrogen) atoms. The monoisotopic (exact) mass is 170 g/mol. The molecule has 1 N–H and O–H groups in total. The van der Waals surface area contributed by atoms with E-state index in [2.05, 4.69) is 0 Å². The lowest BCUT2D eigenvalue weighted by atomic mass is 9.72. The number of carbonyl (C=O) groups excluding carboxylic acids is 1. The highest BCUT2D eigenvalue weighted by Gasteiger charge is 2.37. The summed E-state index contributed by atoms with van der Waals surface area (Å²) in [6.07, 6.45) is 1.72. The van der Waals surface area contributed by atoms with Crippen molar-refractivity contribution in [2.75, 3.05) is 0 Å². The van der Waals surface area contributed by atoms with E-state index in [1.165, 1.54) is 0 Å². The van der Waals surface area contributed by atoms with Gasteiger partial charge < -0.3 is 5.11 Å². The van der Waals surface area contributed by atoms with Crippen molar-refractivity contribution in [3.63, 3.8) is 0 Å². The molecule has 0 aromatic rings. The minimum atomic E-state index is -0.965. The van der Waals surface area contributed by atoms with E-state index in [0.29, 0.717) is 12.8 Å². The van der Waals surface area contributed by atoms with E-state index in [-0.39, 0.29) is 11.2 Å². The molecule has 0 aliphatic heterocycles. The van der Waals surface area contributed by atoms with Crippen LogP contribution in [0.4, 0.5) is 0 Å². The van der Waals surface area contributed by atoms with Gasteiger partial charge in [-0.15, -0.1) is 0 Å². The maximum absolute atomic E-state index is 11.1. The summed E-state index contributed by atoms with van der Waals surface area (Å²) in [6.45, 7) is 4.02. The van der Waals surface area contributed by atoms with Crippen molar-refractivity contribution in [2.45, 2.75) is 33.1 Å². The Morgan fingerprint density at radius 2 is 2.17 bits per heavy atom. The molecule has 0 bridgehead atoms. The second-order valence-corrected chi connectivity index (χ2v) is 4.23. The van der Waals surface area contributed by atoms with Gasteiger partial charge in [-0.05, 0) is 18.3 Å². The molecule has 3 heteroatoms. The highest BCUT2D eigenvalue weighted by molar-refractivity contribution is 5.98. The van der Waals surface area contributed by atoms with E-state index in [0.717, 1.165) is 6.42 Å². The molecule has 0 heterocycles. The zero-order valence-electron chi connectivity index (χ0n) is 7.46. The van der Waals surface area contributed by atoms with Crippen LogP contribution in [0.15, 0.2) is 0 Å². The average molecular weight is 170 g/mol. The molecule has 3 nitrogen and oxygen atoms in total. The minimum absolute atomic E-state index is 0.0109. The van der Waals surface area contributed by atoms with Gasteiger partial charge in [0.15, 0.2) is 0 Å². The number of hydrogen-bond acceptors (Lipinski definition) is 2. The number of carbonyl (C=O) groups is 2. The summed E-state index contributed by atoms with van der Waals surface area (Å²) in [4.78, 5) is 21.8. The molecule has 1 saturated carbocycles. The van der Waals surface area contributed by atoms with Crippen LogP contribution in [-0.2, 0) is 9.59 Å². The fourth-order valence-electron chi connectivity index (χ4n) is 1.63. The fraction of sp³-hybridized carbons (Fsp3) is 0.778. The zero-order valence-corrected chi connectivity index (χ0v) is 7.46. The van der Waals surface area contributed by atoms with Crippen LogP contribution < -0.4 is 0 Å². The lowest BCUT2D eigenvalue weighted by molar-refractivity contribution is -0.149. The van der Waals surface area contributed by atoms with Gasteiger partial charge in [-0.1, -0.05) is 13.8 Å². The normalized spacial score (nSPS) is 28.5. The Bertz CT molecular complexity index is 218. The lowest BCUT2D eigenvalue weighted by Crippen LogP contribution is -2.34. The van der Waals surface area contributed by atoms with Crippen LogP contribution in [0.5, 0.6) is 0 Å². The minimum Gasteiger partial charge on any atom is -0.481 e. The van der Waals surface area contributed by atoms with Crippen LogP contribution >= 0.6 is 0 Å². The number of rotatable bonds is 1. The SMILES string of the molecule is CC1(C)CCC(=O)[C@H](C(=O)O)C1. The van der Waals surface area contributed by atoms with E-state index in [1.54, 1.807) is 0 Å². The summed E-state index contributed by atoms with van der Waals surface area (Å²) in [5.41, 5.74) is 0.0109. The van der Waals surface area contributed by atoms with Crippen molar-refractivity contribution in [3.05, 3.63) is 0 Å². The van der Waals surface area contributed by atoms with Gasteiger partial charge in [-0.2, -0.15) is 0 Å². The van der Waals surface area contributed by atoms with Gasteiger partial charge in [0.2, 0.25) is 0 Å². The summed E-state index contributed by atoms with van der Waals surface area (Å²) in [5, 5.41) is 8.72. The molecule has 0 amide bonds. The second-order valence-electron chi connectivity index (χ2n) is 4.23. The Balaban J connectivity index is 2.72. The molecule has 1 atom stereocenters. The maximum Gasteiger partial charge on any atom is 0.314 e. The molecule has 0 saturated heterocycles. The second kappa shape index (κ2) is 2.88. The third-order valence-electron chi connectivity index (χ3n) is 2.49. The van der Waals surface area contributed by atoms with Crippen LogP contribution in [0, 0.1) is 11.3 Å². The molecule has 0 radical (unpaired) electrons. The number of ketones is 1. The number of hydrogen-bond donors (Lipinski definition) is 1. The Morgan fingerprint density at radius 3 is 2.58 bits per heavy atom. The summed E-state index contributed by atoms with van der Waals surface area (Å²) in [5.74, 6) is -1.83. The molecule has 68 valence electrons. The summed E-state index contributed by atoms with van der Waals surface area (Å²) in [7, 11) is 0. The molecule has 0 aromatic carbocycles. The number of aliphatic carboxylic acids is 1. The third-order valence-corrected chi connectivity index (χ3v) is 2.49. The van der Waals surface area contributed by atoms with Gasteiger partial charge in [-0.25, -0.2) is 0 Å². The van der Waals surface area contributed by atoms with Crippen LogP contribution in [0.25, 0.3) is 0 Å². The number of Topliss-reactive ketones (excluding diaryl/α,β-unsaturated/α-hetero) is 1. The number of carboxylic acid groups (broad SMARTS) is 1. The van der Waals surface area contributed by atoms with Crippen molar-refractivity contribution in [3.8, 4) is 0 Å². The van der Waals surface area contributed by atoms with Gasteiger partial charge in [0.25, 0.3) is 0 Å². The predicted molar refractivity (Wildman–Crippen MR) is 43.8 cm³/mol. The Labute approximate surface area is 71.8 Å². The Hall–Kier alpha value is -0.860. The largest absolute Gasteiger partial charge is 0.481 e.